The summed E-state index contributed by atoms with van der Waals surface area (Å²) in [5.41, 5.74) is -0.238. The standard InChI is InChI=1S/C13H13BrF3N3/c1-9-18-2-4-20(9)5-3-19-12-7-10(13(15,16)17)6-11(14)8-12/h2,4,6-8,19H,3,5H2,1H3. The van der Waals surface area contributed by atoms with Crippen LogP contribution in [0.1, 0.15) is 11.4 Å². The number of imidazole rings is 1. The second-order valence-corrected chi connectivity index (χ2v) is 5.24. The largest absolute Gasteiger partial charge is 0.416 e. The van der Waals surface area contributed by atoms with Crippen molar-refractivity contribution >= 4 is 21.6 Å². The molecule has 1 aromatic carbocycles. The minimum absolute atomic E-state index is 0.397. The van der Waals surface area contributed by atoms with Crippen LogP contribution >= 0.6 is 15.9 Å². The number of nitrogens with zero attached hydrogens (tertiary/aromatic N) is 2. The molecule has 0 saturated carbocycles. The number of alkyl halides is 3. The Morgan fingerprint density at radius 3 is 2.65 bits per heavy atom. The van der Waals surface area contributed by atoms with Crippen LogP contribution in [0.3, 0.4) is 0 Å². The molecule has 108 valence electrons. The lowest BCUT2D eigenvalue weighted by molar-refractivity contribution is -0.137. The van der Waals surface area contributed by atoms with Gasteiger partial charge < -0.3 is 9.88 Å². The summed E-state index contributed by atoms with van der Waals surface area (Å²) in [7, 11) is 0. The molecular weight excluding hydrogens is 335 g/mol. The Hall–Kier alpha value is -1.50. The van der Waals surface area contributed by atoms with Gasteiger partial charge in [-0.05, 0) is 25.1 Å². The van der Waals surface area contributed by atoms with Crippen molar-refractivity contribution in [3.8, 4) is 0 Å². The molecule has 7 heteroatoms. The number of hydrogen-bond acceptors (Lipinski definition) is 2. The van der Waals surface area contributed by atoms with Gasteiger partial charge in [-0.2, -0.15) is 13.2 Å². The molecular formula is C13H13BrF3N3. The van der Waals surface area contributed by atoms with Crippen LogP contribution in [0.25, 0.3) is 0 Å². The zero-order valence-corrected chi connectivity index (χ0v) is 12.3. The summed E-state index contributed by atoms with van der Waals surface area (Å²) in [4.78, 5) is 4.08. The van der Waals surface area contributed by atoms with Gasteiger partial charge in [-0.15, -0.1) is 0 Å². The van der Waals surface area contributed by atoms with E-state index in [2.05, 4.69) is 26.2 Å². The van der Waals surface area contributed by atoms with Gasteiger partial charge in [0.15, 0.2) is 0 Å². The van der Waals surface area contributed by atoms with E-state index >= 15 is 0 Å². The van der Waals surface area contributed by atoms with Gasteiger partial charge in [0.25, 0.3) is 0 Å². The summed E-state index contributed by atoms with van der Waals surface area (Å²) in [6.45, 7) is 3.03. The lowest BCUT2D eigenvalue weighted by Crippen LogP contribution is -2.12. The topological polar surface area (TPSA) is 29.9 Å². The molecule has 0 aliphatic rings. The van der Waals surface area contributed by atoms with Gasteiger partial charge in [-0.25, -0.2) is 4.98 Å². The smallest absolute Gasteiger partial charge is 0.383 e. The van der Waals surface area contributed by atoms with Crippen LogP contribution in [0.5, 0.6) is 0 Å². The molecule has 2 rings (SSSR count). The number of benzene rings is 1. The van der Waals surface area contributed by atoms with Crippen molar-refractivity contribution in [2.24, 2.45) is 0 Å². The first kappa shape index (κ1) is 14.9. The van der Waals surface area contributed by atoms with Gasteiger partial charge in [-0.1, -0.05) is 15.9 Å². The third-order valence-electron chi connectivity index (χ3n) is 2.83. The fourth-order valence-corrected chi connectivity index (χ4v) is 2.31. The van der Waals surface area contributed by atoms with Crippen molar-refractivity contribution in [2.75, 3.05) is 11.9 Å². The molecule has 3 nitrogen and oxygen atoms in total. The van der Waals surface area contributed by atoms with Crippen molar-refractivity contribution in [3.05, 3.63) is 46.5 Å². The first-order valence-corrected chi connectivity index (χ1v) is 6.75. The summed E-state index contributed by atoms with van der Waals surface area (Å²) in [6.07, 6.45) is -0.823. The summed E-state index contributed by atoms with van der Waals surface area (Å²) in [6, 6.07) is 3.78. The zero-order valence-electron chi connectivity index (χ0n) is 10.7. The monoisotopic (exact) mass is 347 g/mol. The maximum atomic E-state index is 12.7. The third kappa shape index (κ3) is 3.75. The summed E-state index contributed by atoms with van der Waals surface area (Å²) >= 11 is 3.09. The van der Waals surface area contributed by atoms with Crippen LogP contribution in [0.15, 0.2) is 35.1 Å². The summed E-state index contributed by atoms with van der Waals surface area (Å²) < 4.78 is 40.4. The highest BCUT2D eigenvalue weighted by molar-refractivity contribution is 9.10. The van der Waals surface area contributed by atoms with E-state index in [0.29, 0.717) is 23.2 Å². The van der Waals surface area contributed by atoms with Gasteiger partial charge in [0.1, 0.15) is 5.82 Å². The fraction of sp³-hybridized carbons (Fsp3) is 0.308. The number of hydrogen-bond donors (Lipinski definition) is 1. The predicted molar refractivity (Wildman–Crippen MR) is 74.6 cm³/mol. The minimum Gasteiger partial charge on any atom is -0.383 e. The van der Waals surface area contributed by atoms with E-state index in [1.807, 2.05) is 17.7 Å². The molecule has 0 amide bonds. The summed E-state index contributed by atoms with van der Waals surface area (Å²) in [5.74, 6) is 0.872. The Balaban J connectivity index is 2.03. The highest BCUT2D eigenvalue weighted by Gasteiger charge is 2.31. The first-order chi connectivity index (χ1) is 9.36. The lowest BCUT2D eigenvalue weighted by Gasteiger charge is -2.12. The molecule has 0 fully saturated rings. The van der Waals surface area contributed by atoms with Gasteiger partial charge in [0.05, 0.1) is 5.56 Å². The van der Waals surface area contributed by atoms with Crippen LogP contribution in [0.2, 0.25) is 0 Å². The number of rotatable bonds is 4. The van der Waals surface area contributed by atoms with Crippen molar-refractivity contribution in [3.63, 3.8) is 0 Å². The Kier molecular flexibility index (Phi) is 4.37. The number of anilines is 1. The third-order valence-corrected chi connectivity index (χ3v) is 3.29. The molecule has 0 atom stereocenters. The Morgan fingerprint density at radius 1 is 1.30 bits per heavy atom. The van der Waals surface area contributed by atoms with Crippen LogP contribution in [-0.2, 0) is 12.7 Å². The van der Waals surface area contributed by atoms with E-state index in [1.54, 1.807) is 12.3 Å². The van der Waals surface area contributed by atoms with E-state index in [1.165, 1.54) is 0 Å². The first-order valence-electron chi connectivity index (χ1n) is 5.95. The maximum Gasteiger partial charge on any atom is 0.416 e. The average molecular weight is 348 g/mol. The maximum absolute atomic E-state index is 12.7. The van der Waals surface area contributed by atoms with Crippen molar-refractivity contribution in [2.45, 2.75) is 19.6 Å². The van der Waals surface area contributed by atoms with E-state index in [9.17, 15) is 13.2 Å². The second-order valence-electron chi connectivity index (χ2n) is 4.32. The highest BCUT2D eigenvalue weighted by atomic mass is 79.9. The quantitative estimate of drug-likeness (QED) is 0.902. The number of aromatic nitrogens is 2. The van der Waals surface area contributed by atoms with Crippen LogP contribution in [0, 0.1) is 6.92 Å². The van der Waals surface area contributed by atoms with Crippen molar-refractivity contribution in [1.29, 1.82) is 0 Å². The SMILES string of the molecule is Cc1nccn1CCNc1cc(Br)cc(C(F)(F)F)c1. The number of nitrogens with one attached hydrogen (secondary N) is 1. The van der Waals surface area contributed by atoms with Gasteiger partial charge in [0, 0.05) is 35.6 Å². The Bertz CT molecular complexity index is 593. The number of halogens is 4. The molecule has 0 bridgehead atoms. The van der Waals surface area contributed by atoms with Crippen LogP contribution < -0.4 is 5.32 Å². The van der Waals surface area contributed by atoms with Gasteiger partial charge in [0.2, 0.25) is 0 Å². The molecule has 1 heterocycles. The molecule has 2 aromatic rings. The zero-order chi connectivity index (χ0) is 14.8. The Labute approximate surface area is 123 Å². The van der Waals surface area contributed by atoms with Crippen molar-refractivity contribution < 1.29 is 13.2 Å². The molecule has 20 heavy (non-hydrogen) atoms. The van der Waals surface area contributed by atoms with E-state index in [-0.39, 0.29) is 0 Å². The Morgan fingerprint density at radius 2 is 2.05 bits per heavy atom. The van der Waals surface area contributed by atoms with Crippen molar-refractivity contribution in [1.82, 2.24) is 9.55 Å². The fourth-order valence-electron chi connectivity index (χ4n) is 1.82. The summed E-state index contributed by atoms with van der Waals surface area (Å²) in [5, 5.41) is 2.98. The average Bonchev–Trinajstić information content (AvgIpc) is 2.73. The molecule has 0 aliphatic carbocycles. The number of aryl methyl sites for hydroxylation is 1. The molecule has 0 spiro atoms. The minimum atomic E-state index is -4.35. The van der Waals surface area contributed by atoms with Gasteiger partial charge in [-0.3, -0.25) is 0 Å². The molecule has 0 radical (unpaired) electrons. The molecule has 0 aliphatic heterocycles. The molecule has 1 aromatic heterocycles. The van der Waals surface area contributed by atoms with Gasteiger partial charge >= 0.3 is 6.18 Å². The molecule has 0 saturated heterocycles. The highest BCUT2D eigenvalue weighted by Crippen LogP contribution is 2.33. The second kappa shape index (κ2) is 5.87. The molecule has 0 unspecified atom stereocenters. The van der Waals surface area contributed by atoms with Crippen LogP contribution in [-0.4, -0.2) is 16.1 Å². The van der Waals surface area contributed by atoms with E-state index < -0.39 is 11.7 Å². The van der Waals surface area contributed by atoms with Crippen LogP contribution in [0.4, 0.5) is 18.9 Å². The lowest BCUT2D eigenvalue weighted by atomic mass is 10.2. The molecule has 1 N–H and O–H groups in total. The van der Waals surface area contributed by atoms with E-state index in [4.69, 9.17) is 0 Å². The van der Waals surface area contributed by atoms with E-state index in [0.717, 1.165) is 18.0 Å². The normalized spacial score (nSPS) is 11.7. The predicted octanol–water partition coefficient (Wildman–Crippen LogP) is 4.08.